The van der Waals surface area contributed by atoms with Crippen molar-refractivity contribution in [3.63, 3.8) is 0 Å². The van der Waals surface area contributed by atoms with Gasteiger partial charge in [-0.1, -0.05) is 0 Å². The fraction of sp³-hybridized carbons (Fsp3) is 0.125. The van der Waals surface area contributed by atoms with E-state index >= 15 is 0 Å². The average molecular weight is 174 g/mol. The summed E-state index contributed by atoms with van der Waals surface area (Å²) in [6.45, 7) is 1.74. The number of aromatic nitrogens is 3. The Morgan fingerprint density at radius 2 is 2.38 bits per heavy atom. The lowest BCUT2D eigenvalue weighted by Crippen LogP contribution is -2.05. The topological polar surface area (TPSA) is 85.3 Å². The number of nitrogens with zero attached hydrogens (tertiary/aromatic N) is 2. The van der Waals surface area contributed by atoms with E-state index in [0.717, 1.165) is 0 Å². The van der Waals surface area contributed by atoms with Crippen molar-refractivity contribution in [2.75, 3.05) is 0 Å². The van der Waals surface area contributed by atoms with Gasteiger partial charge in [0.1, 0.15) is 17.1 Å². The first-order chi connectivity index (χ1) is 6.24. The van der Waals surface area contributed by atoms with Crippen LogP contribution in [-0.4, -0.2) is 15.0 Å². The number of aromatic amines is 2. The second-order valence-corrected chi connectivity index (χ2v) is 2.69. The molecule has 0 aliphatic heterocycles. The summed E-state index contributed by atoms with van der Waals surface area (Å²) in [4.78, 5) is 20.4. The van der Waals surface area contributed by atoms with Crippen molar-refractivity contribution in [2.45, 2.75) is 6.92 Å². The molecule has 0 radical (unpaired) electrons. The number of aryl methyl sites for hydroxylation is 1. The fourth-order valence-electron chi connectivity index (χ4n) is 1.27. The molecule has 0 aliphatic rings. The highest BCUT2D eigenvalue weighted by Crippen LogP contribution is 2.14. The minimum absolute atomic E-state index is 0.255. The zero-order valence-corrected chi connectivity index (χ0v) is 6.88. The maximum absolute atomic E-state index is 11.2. The van der Waals surface area contributed by atoms with Crippen LogP contribution in [0, 0.1) is 18.3 Å². The smallest absolute Gasteiger partial charge is 0.275 e. The van der Waals surface area contributed by atoms with Crippen molar-refractivity contribution in [1.82, 2.24) is 15.0 Å². The third kappa shape index (κ3) is 0.924. The van der Waals surface area contributed by atoms with Gasteiger partial charge in [-0.25, -0.2) is 4.98 Å². The van der Waals surface area contributed by atoms with Gasteiger partial charge in [0.25, 0.3) is 5.56 Å². The quantitative estimate of drug-likeness (QED) is 0.607. The molecular weight excluding hydrogens is 168 g/mol. The largest absolute Gasteiger partial charge is 0.352 e. The summed E-state index contributed by atoms with van der Waals surface area (Å²) in [7, 11) is 0. The monoisotopic (exact) mass is 174 g/mol. The molecule has 64 valence electrons. The van der Waals surface area contributed by atoms with Gasteiger partial charge in [-0.15, -0.1) is 0 Å². The summed E-state index contributed by atoms with van der Waals surface area (Å²) in [5.74, 6) is 0. The van der Waals surface area contributed by atoms with Crippen LogP contribution in [-0.2, 0) is 0 Å². The minimum Gasteiger partial charge on any atom is -0.352 e. The van der Waals surface area contributed by atoms with Crippen LogP contribution in [0.15, 0.2) is 11.1 Å². The van der Waals surface area contributed by atoms with Gasteiger partial charge < -0.3 is 9.97 Å². The van der Waals surface area contributed by atoms with E-state index in [2.05, 4.69) is 15.0 Å². The van der Waals surface area contributed by atoms with Gasteiger partial charge in [0.05, 0.1) is 11.9 Å². The Hall–Kier alpha value is -2.09. The number of nitriles is 1. The molecule has 0 unspecified atom stereocenters. The first kappa shape index (κ1) is 7.55. The number of hydrogen-bond donors (Lipinski definition) is 2. The van der Waals surface area contributed by atoms with Gasteiger partial charge in [-0.05, 0) is 6.92 Å². The van der Waals surface area contributed by atoms with Crippen molar-refractivity contribution in [3.05, 3.63) is 27.9 Å². The van der Waals surface area contributed by atoms with Crippen LogP contribution >= 0.6 is 0 Å². The summed E-state index contributed by atoms with van der Waals surface area (Å²) in [6.07, 6.45) is 1.29. The van der Waals surface area contributed by atoms with Crippen molar-refractivity contribution >= 4 is 11.0 Å². The molecule has 0 saturated heterocycles. The normalized spacial score (nSPS) is 10.2. The van der Waals surface area contributed by atoms with E-state index in [1.807, 2.05) is 6.07 Å². The Morgan fingerprint density at radius 1 is 1.62 bits per heavy atom. The molecule has 0 aliphatic carbocycles. The Morgan fingerprint density at radius 3 is 3.08 bits per heavy atom. The second-order valence-electron chi connectivity index (χ2n) is 2.69. The highest BCUT2D eigenvalue weighted by Gasteiger charge is 2.10. The molecule has 13 heavy (non-hydrogen) atoms. The average Bonchev–Trinajstić information content (AvgIpc) is 2.43. The zero-order valence-electron chi connectivity index (χ0n) is 6.88. The van der Waals surface area contributed by atoms with Gasteiger partial charge in [0.15, 0.2) is 0 Å². The summed E-state index contributed by atoms with van der Waals surface area (Å²) in [6, 6.07) is 2.00. The molecule has 2 heterocycles. The summed E-state index contributed by atoms with van der Waals surface area (Å²) >= 11 is 0. The van der Waals surface area contributed by atoms with Crippen molar-refractivity contribution in [2.24, 2.45) is 0 Å². The summed E-state index contributed by atoms with van der Waals surface area (Å²) < 4.78 is 0. The molecule has 2 N–H and O–H groups in total. The highest BCUT2D eigenvalue weighted by molar-refractivity contribution is 5.82. The van der Waals surface area contributed by atoms with Crippen LogP contribution < -0.4 is 5.56 Å². The zero-order chi connectivity index (χ0) is 9.42. The molecule has 0 aromatic carbocycles. The van der Waals surface area contributed by atoms with E-state index < -0.39 is 0 Å². The molecule has 0 atom stereocenters. The molecular formula is C8H6N4O. The van der Waals surface area contributed by atoms with Crippen LogP contribution in [0.2, 0.25) is 0 Å². The van der Waals surface area contributed by atoms with E-state index in [1.165, 1.54) is 6.33 Å². The third-order valence-electron chi connectivity index (χ3n) is 1.89. The fourth-order valence-corrected chi connectivity index (χ4v) is 1.27. The Balaban J connectivity index is 3.05. The van der Waals surface area contributed by atoms with E-state index in [1.54, 1.807) is 6.92 Å². The molecule has 2 rings (SSSR count). The van der Waals surface area contributed by atoms with Crippen LogP contribution in [0.5, 0.6) is 0 Å². The molecule has 2 aromatic heterocycles. The lowest BCUT2D eigenvalue weighted by molar-refractivity contribution is 1.16. The summed E-state index contributed by atoms with van der Waals surface area (Å²) in [5.41, 5.74) is 1.64. The van der Waals surface area contributed by atoms with Crippen LogP contribution in [0.1, 0.15) is 11.3 Å². The molecule has 0 amide bonds. The van der Waals surface area contributed by atoms with Gasteiger partial charge in [0.2, 0.25) is 0 Å². The predicted molar refractivity (Wildman–Crippen MR) is 46.2 cm³/mol. The van der Waals surface area contributed by atoms with Crippen molar-refractivity contribution < 1.29 is 0 Å². The molecule has 5 nitrogen and oxygen atoms in total. The molecule has 0 saturated carbocycles. The SMILES string of the molecule is Cc1[nH]c2c(=O)[nH]cnc2c1C#N. The van der Waals surface area contributed by atoms with E-state index in [0.29, 0.717) is 22.3 Å². The molecule has 0 fully saturated rings. The molecule has 0 spiro atoms. The van der Waals surface area contributed by atoms with Crippen LogP contribution in [0.4, 0.5) is 0 Å². The van der Waals surface area contributed by atoms with Gasteiger partial charge in [0, 0.05) is 5.69 Å². The lowest BCUT2D eigenvalue weighted by atomic mass is 10.2. The standard InChI is InChI=1S/C8H6N4O/c1-4-5(2-9)6-7(12-4)8(13)11-3-10-6/h3,12H,1H3,(H,10,11,13). The highest BCUT2D eigenvalue weighted by atomic mass is 16.1. The van der Waals surface area contributed by atoms with Crippen LogP contribution in [0.25, 0.3) is 11.0 Å². The minimum atomic E-state index is -0.255. The van der Waals surface area contributed by atoms with Gasteiger partial charge in [-0.3, -0.25) is 4.79 Å². The van der Waals surface area contributed by atoms with Crippen molar-refractivity contribution in [3.8, 4) is 6.07 Å². The van der Waals surface area contributed by atoms with E-state index in [-0.39, 0.29) is 5.56 Å². The molecule has 5 heteroatoms. The number of rotatable bonds is 0. The maximum atomic E-state index is 11.2. The Bertz CT molecular complexity index is 558. The van der Waals surface area contributed by atoms with E-state index in [4.69, 9.17) is 5.26 Å². The Labute approximate surface area is 73.0 Å². The third-order valence-corrected chi connectivity index (χ3v) is 1.89. The number of nitrogens with one attached hydrogen (secondary N) is 2. The summed E-state index contributed by atoms with van der Waals surface area (Å²) in [5, 5.41) is 8.77. The predicted octanol–water partition coefficient (Wildman–Crippen LogP) is 0.431. The van der Waals surface area contributed by atoms with E-state index in [9.17, 15) is 4.79 Å². The Kier molecular flexibility index (Phi) is 1.43. The number of hydrogen-bond acceptors (Lipinski definition) is 3. The van der Waals surface area contributed by atoms with Crippen molar-refractivity contribution in [1.29, 1.82) is 5.26 Å². The maximum Gasteiger partial charge on any atom is 0.275 e. The molecule has 0 bridgehead atoms. The van der Waals surface area contributed by atoms with Crippen LogP contribution in [0.3, 0.4) is 0 Å². The second kappa shape index (κ2) is 2.45. The first-order valence-corrected chi connectivity index (χ1v) is 3.70. The number of fused-ring (bicyclic) bond motifs is 1. The first-order valence-electron chi connectivity index (χ1n) is 3.70. The van der Waals surface area contributed by atoms with Gasteiger partial charge >= 0.3 is 0 Å². The molecule has 2 aromatic rings. The number of H-pyrrole nitrogens is 2. The van der Waals surface area contributed by atoms with Gasteiger partial charge in [-0.2, -0.15) is 5.26 Å². The lowest BCUT2D eigenvalue weighted by Gasteiger charge is -1.85.